The summed E-state index contributed by atoms with van der Waals surface area (Å²) >= 11 is 14.2. The van der Waals surface area contributed by atoms with Crippen LogP contribution in [0.4, 0.5) is 0 Å². The molecule has 0 spiro atoms. The van der Waals surface area contributed by atoms with Gasteiger partial charge in [-0.3, -0.25) is 4.79 Å². The van der Waals surface area contributed by atoms with E-state index >= 15 is 0 Å². The lowest BCUT2D eigenvalue weighted by Gasteiger charge is -2.10. The molecule has 0 aliphatic heterocycles. The van der Waals surface area contributed by atoms with E-state index in [1.165, 1.54) is 10.9 Å². The minimum atomic E-state index is -0.609. The molecule has 0 radical (unpaired) electrons. The maximum Gasteiger partial charge on any atom is 0.250 e. The number of thiophene rings is 1. The summed E-state index contributed by atoms with van der Waals surface area (Å²) < 4.78 is 0. The summed E-state index contributed by atoms with van der Waals surface area (Å²) in [6.45, 7) is 0. The topological polar surface area (TPSA) is 66.9 Å². The Labute approximate surface area is 142 Å². The first-order valence-electron chi connectivity index (χ1n) is 6.87. The highest BCUT2D eigenvalue weighted by Crippen LogP contribution is 2.45. The number of primary amides is 1. The number of hydrogen-bond acceptors (Lipinski definition) is 3. The number of aryl methyl sites for hydroxylation is 1. The van der Waals surface area contributed by atoms with Gasteiger partial charge in [0, 0.05) is 10.4 Å². The molecule has 1 aliphatic carbocycles. The van der Waals surface area contributed by atoms with Crippen LogP contribution in [0.3, 0.4) is 0 Å². The van der Waals surface area contributed by atoms with E-state index in [0.29, 0.717) is 16.1 Å². The van der Waals surface area contributed by atoms with Gasteiger partial charge in [0.1, 0.15) is 6.07 Å². The van der Waals surface area contributed by atoms with Gasteiger partial charge in [0.25, 0.3) is 0 Å². The second-order valence-electron chi connectivity index (χ2n) is 5.18. The maximum atomic E-state index is 11.5. The molecule has 0 atom stereocenters. The molecule has 0 bridgehead atoms. The average Bonchev–Trinajstić information content (AvgIpc) is 2.85. The Morgan fingerprint density at radius 3 is 2.68 bits per heavy atom. The van der Waals surface area contributed by atoms with Crippen LogP contribution in [0.2, 0.25) is 10.0 Å². The number of fused-ring (bicyclic) bond motifs is 1. The van der Waals surface area contributed by atoms with Crippen molar-refractivity contribution >= 4 is 40.4 Å². The maximum absolute atomic E-state index is 11.5. The molecule has 1 aromatic heterocycles. The Hall–Kier alpha value is -1.54. The fourth-order valence-corrected chi connectivity index (χ4v) is 4.98. The normalized spacial score (nSPS) is 13.5. The molecule has 6 heteroatoms. The summed E-state index contributed by atoms with van der Waals surface area (Å²) in [5.41, 5.74) is 7.84. The van der Waals surface area contributed by atoms with Crippen LogP contribution in [0.15, 0.2) is 12.1 Å². The SMILES string of the molecule is N#Cc1c(-c2c(Cl)ccc(C(N)=O)c2Cl)sc2c1CCCC2. The minimum Gasteiger partial charge on any atom is -0.366 e. The Bertz CT molecular complexity index is 821. The zero-order valence-electron chi connectivity index (χ0n) is 11.6. The van der Waals surface area contributed by atoms with Gasteiger partial charge in [0.05, 0.1) is 26.0 Å². The van der Waals surface area contributed by atoms with Gasteiger partial charge in [-0.2, -0.15) is 5.26 Å². The molecule has 1 amide bonds. The van der Waals surface area contributed by atoms with Gasteiger partial charge >= 0.3 is 0 Å². The summed E-state index contributed by atoms with van der Waals surface area (Å²) in [4.78, 5) is 13.5. The second kappa shape index (κ2) is 5.92. The van der Waals surface area contributed by atoms with E-state index in [2.05, 4.69) is 6.07 Å². The molecular weight excluding hydrogens is 339 g/mol. The van der Waals surface area contributed by atoms with Gasteiger partial charge in [-0.05, 0) is 43.4 Å². The highest BCUT2D eigenvalue weighted by Gasteiger charge is 2.25. The number of nitrogens with zero attached hydrogens (tertiary/aromatic N) is 1. The van der Waals surface area contributed by atoms with Crippen LogP contribution in [-0.4, -0.2) is 5.91 Å². The lowest BCUT2D eigenvalue weighted by atomic mass is 9.94. The van der Waals surface area contributed by atoms with Crippen molar-refractivity contribution in [3.8, 4) is 16.5 Å². The van der Waals surface area contributed by atoms with Crippen LogP contribution in [0.1, 0.15) is 39.2 Å². The Morgan fingerprint density at radius 2 is 2.00 bits per heavy atom. The van der Waals surface area contributed by atoms with Crippen molar-refractivity contribution in [1.29, 1.82) is 5.26 Å². The van der Waals surface area contributed by atoms with Gasteiger partial charge in [-0.15, -0.1) is 11.3 Å². The molecule has 112 valence electrons. The van der Waals surface area contributed by atoms with Crippen molar-refractivity contribution in [1.82, 2.24) is 0 Å². The summed E-state index contributed by atoms with van der Waals surface area (Å²) in [6, 6.07) is 5.39. The van der Waals surface area contributed by atoms with E-state index < -0.39 is 5.91 Å². The van der Waals surface area contributed by atoms with Crippen LogP contribution in [0.25, 0.3) is 10.4 Å². The predicted octanol–water partition coefficient (Wildman–Crippen LogP) is 4.57. The first-order chi connectivity index (χ1) is 10.5. The van der Waals surface area contributed by atoms with Crippen LogP contribution >= 0.6 is 34.5 Å². The van der Waals surface area contributed by atoms with E-state index in [1.54, 1.807) is 17.4 Å². The predicted molar refractivity (Wildman–Crippen MR) is 89.6 cm³/mol. The van der Waals surface area contributed by atoms with E-state index in [0.717, 1.165) is 36.1 Å². The smallest absolute Gasteiger partial charge is 0.250 e. The summed E-state index contributed by atoms with van der Waals surface area (Å²) in [5.74, 6) is -0.609. The molecule has 0 saturated heterocycles. The van der Waals surface area contributed by atoms with E-state index in [1.807, 2.05) is 0 Å². The largest absolute Gasteiger partial charge is 0.366 e. The van der Waals surface area contributed by atoms with Crippen LogP contribution < -0.4 is 5.73 Å². The van der Waals surface area contributed by atoms with Gasteiger partial charge in [-0.1, -0.05) is 23.2 Å². The van der Waals surface area contributed by atoms with Gasteiger partial charge in [0.2, 0.25) is 5.91 Å². The molecule has 1 heterocycles. The minimum absolute atomic E-state index is 0.218. The molecule has 0 fully saturated rings. The highest BCUT2D eigenvalue weighted by atomic mass is 35.5. The first-order valence-corrected chi connectivity index (χ1v) is 8.44. The van der Waals surface area contributed by atoms with Crippen molar-refractivity contribution in [2.45, 2.75) is 25.7 Å². The average molecular weight is 351 g/mol. The van der Waals surface area contributed by atoms with Crippen molar-refractivity contribution in [3.63, 3.8) is 0 Å². The number of amides is 1. The number of nitriles is 1. The number of nitrogens with two attached hydrogens (primary N) is 1. The summed E-state index contributed by atoms with van der Waals surface area (Å²) in [5, 5.41) is 10.2. The summed E-state index contributed by atoms with van der Waals surface area (Å²) in [6.07, 6.45) is 4.08. The molecule has 0 saturated carbocycles. The van der Waals surface area contributed by atoms with Gasteiger partial charge < -0.3 is 5.73 Å². The Morgan fingerprint density at radius 1 is 1.27 bits per heavy atom. The van der Waals surface area contributed by atoms with Gasteiger partial charge in [-0.25, -0.2) is 0 Å². The molecule has 1 aromatic carbocycles. The molecule has 1 aliphatic rings. The van der Waals surface area contributed by atoms with Crippen molar-refractivity contribution in [2.24, 2.45) is 5.73 Å². The quantitative estimate of drug-likeness (QED) is 0.861. The lowest BCUT2D eigenvalue weighted by molar-refractivity contribution is 0.100. The molecule has 3 nitrogen and oxygen atoms in total. The number of rotatable bonds is 2. The van der Waals surface area contributed by atoms with E-state index in [-0.39, 0.29) is 10.6 Å². The molecule has 2 N–H and O–H groups in total. The molecule has 3 rings (SSSR count). The Balaban J connectivity index is 2.29. The monoisotopic (exact) mass is 350 g/mol. The lowest BCUT2D eigenvalue weighted by Crippen LogP contribution is -2.11. The second-order valence-corrected chi connectivity index (χ2v) is 7.07. The van der Waals surface area contributed by atoms with Crippen LogP contribution in [0.5, 0.6) is 0 Å². The standard InChI is InChI=1S/C16H12Cl2N2OS/c17-11-6-5-9(16(20)21)14(18)13(11)15-10(7-19)8-3-1-2-4-12(8)22-15/h5-6H,1-4H2,(H2,20,21). The zero-order valence-corrected chi connectivity index (χ0v) is 13.9. The number of carbonyl (C=O) groups is 1. The van der Waals surface area contributed by atoms with Gasteiger partial charge in [0.15, 0.2) is 0 Å². The Kier molecular flexibility index (Phi) is 4.14. The number of hydrogen-bond donors (Lipinski definition) is 1. The molecule has 2 aromatic rings. The number of carbonyl (C=O) groups excluding carboxylic acids is 1. The highest BCUT2D eigenvalue weighted by molar-refractivity contribution is 7.16. The molecular formula is C16H12Cl2N2OS. The van der Waals surface area contributed by atoms with Crippen LogP contribution in [-0.2, 0) is 12.8 Å². The molecule has 22 heavy (non-hydrogen) atoms. The van der Waals surface area contributed by atoms with Crippen molar-refractivity contribution in [3.05, 3.63) is 43.7 Å². The van der Waals surface area contributed by atoms with Crippen LogP contribution in [0, 0.1) is 11.3 Å². The van der Waals surface area contributed by atoms with E-state index in [4.69, 9.17) is 28.9 Å². The van der Waals surface area contributed by atoms with Crippen molar-refractivity contribution in [2.75, 3.05) is 0 Å². The number of benzene rings is 1. The number of halogens is 2. The fraction of sp³-hybridized carbons (Fsp3) is 0.250. The third-order valence-electron chi connectivity index (χ3n) is 3.87. The van der Waals surface area contributed by atoms with E-state index in [9.17, 15) is 10.1 Å². The molecule has 0 unspecified atom stereocenters. The first kappa shape index (κ1) is 15.4. The summed E-state index contributed by atoms with van der Waals surface area (Å²) in [7, 11) is 0. The zero-order chi connectivity index (χ0) is 15.9. The fourth-order valence-electron chi connectivity index (χ4n) is 2.81. The third-order valence-corrected chi connectivity index (χ3v) is 5.88. The van der Waals surface area contributed by atoms with Crippen molar-refractivity contribution < 1.29 is 4.79 Å². The third kappa shape index (κ3) is 2.40.